The van der Waals surface area contributed by atoms with Gasteiger partial charge in [-0.05, 0) is 55.2 Å². The number of ether oxygens (including phenoxy) is 2. The van der Waals surface area contributed by atoms with E-state index < -0.39 is 17.7 Å². The highest BCUT2D eigenvalue weighted by molar-refractivity contribution is 6.46. The van der Waals surface area contributed by atoms with Crippen molar-refractivity contribution in [1.82, 2.24) is 9.88 Å². The molecule has 3 unspecified atom stereocenters. The summed E-state index contributed by atoms with van der Waals surface area (Å²) in [4.78, 5) is 31.7. The average molecular weight is 420 g/mol. The van der Waals surface area contributed by atoms with Crippen LogP contribution in [-0.4, -0.2) is 52.0 Å². The second-order valence-corrected chi connectivity index (χ2v) is 8.33. The van der Waals surface area contributed by atoms with Gasteiger partial charge in [0.05, 0.1) is 17.7 Å². The van der Waals surface area contributed by atoms with Crippen LogP contribution < -0.4 is 4.74 Å². The van der Waals surface area contributed by atoms with Crippen LogP contribution in [0.5, 0.6) is 5.75 Å². The minimum absolute atomic E-state index is 0.0692. The molecule has 4 heterocycles. The van der Waals surface area contributed by atoms with Crippen molar-refractivity contribution in [3.8, 4) is 5.75 Å². The number of nitrogens with zero attached hydrogens (tertiary/aromatic N) is 2. The van der Waals surface area contributed by atoms with E-state index >= 15 is 0 Å². The Kier molecular flexibility index (Phi) is 4.98. The molecule has 1 aromatic heterocycles. The lowest BCUT2D eigenvalue weighted by Gasteiger charge is -2.27. The van der Waals surface area contributed by atoms with Gasteiger partial charge in [-0.25, -0.2) is 0 Å². The molecular weight excluding hydrogens is 396 g/mol. The molecule has 0 bridgehead atoms. The Labute approximate surface area is 180 Å². The minimum Gasteiger partial charge on any atom is -0.507 e. The summed E-state index contributed by atoms with van der Waals surface area (Å²) in [6.07, 6.45) is 5.72. The van der Waals surface area contributed by atoms with Gasteiger partial charge in [-0.3, -0.25) is 14.6 Å². The van der Waals surface area contributed by atoms with Crippen molar-refractivity contribution in [2.24, 2.45) is 0 Å². The number of Topliss-reactive ketones (excluding diaryl/α,β-unsaturated/α-hetero) is 1. The molecule has 5 rings (SSSR count). The Morgan fingerprint density at radius 2 is 2.16 bits per heavy atom. The molecule has 2 saturated heterocycles. The first-order valence-electron chi connectivity index (χ1n) is 10.6. The Bertz CT molecular complexity index is 1060. The van der Waals surface area contributed by atoms with Crippen molar-refractivity contribution in [3.63, 3.8) is 0 Å². The number of carbonyl (C=O) groups excluding carboxylic acids is 2. The van der Waals surface area contributed by atoms with Gasteiger partial charge in [-0.2, -0.15) is 0 Å². The van der Waals surface area contributed by atoms with Gasteiger partial charge < -0.3 is 19.5 Å². The number of aliphatic hydroxyl groups excluding tert-OH is 1. The summed E-state index contributed by atoms with van der Waals surface area (Å²) in [7, 11) is 0. The van der Waals surface area contributed by atoms with Crippen LogP contribution in [0.1, 0.15) is 42.5 Å². The van der Waals surface area contributed by atoms with Crippen molar-refractivity contribution in [1.29, 1.82) is 0 Å². The van der Waals surface area contributed by atoms with E-state index in [1.165, 1.54) is 4.90 Å². The maximum absolute atomic E-state index is 13.1. The Morgan fingerprint density at radius 1 is 1.29 bits per heavy atom. The Hall–Kier alpha value is -3.19. The van der Waals surface area contributed by atoms with E-state index in [2.05, 4.69) is 4.98 Å². The van der Waals surface area contributed by atoms with Crippen LogP contribution in [0.2, 0.25) is 0 Å². The van der Waals surface area contributed by atoms with E-state index in [0.29, 0.717) is 24.3 Å². The van der Waals surface area contributed by atoms with E-state index in [0.717, 1.165) is 30.6 Å². The molecule has 1 N–H and O–H groups in total. The lowest BCUT2D eigenvalue weighted by Crippen LogP contribution is -2.36. The summed E-state index contributed by atoms with van der Waals surface area (Å²) in [5, 5.41) is 11.2. The first kappa shape index (κ1) is 19.8. The maximum Gasteiger partial charge on any atom is 0.295 e. The van der Waals surface area contributed by atoms with Crippen LogP contribution in [0.3, 0.4) is 0 Å². The number of rotatable bonds is 4. The topological polar surface area (TPSA) is 89.0 Å². The maximum atomic E-state index is 13.1. The van der Waals surface area contributed by atoms with E-state index in [1.54, 1.807) is 30.6 Å². The second kappa shape index (κ2) is 7.81. The van der Waals surface area contributed by atoms with Crippen LogP contribution in [0, 0.1) is 0 Å². The zero-order chi connectivity index (χ0) is 21.5. The van der Waals surface area contributed by atoms with Crippen LogP contribution in [0.15, 0.2) is 48.3 Å². The lowest BCUT2D eigenvalue weighted by molar-refractivity contribution is -0.140. The lowest BCUT2D eigenvalue weighted by atomic mass is 9.95. The Morgan fingerprint density at radius 3 is 2.90 bits per heavy atom. The highest BCUT2D eigenvalue weighted by atomic mass is 16.5. The third kappa shape index (κ3) is 3.49. The molecule has 2 aromatic rings. The van der Waals surface area contributed by atoms with Gasteiger partial charge in [0.2, 0.25) is 0 Å². The number of aliphatic hydroxyl groups is 1. The predicted molar refractivity (Wildman–Crippen MR) is 112 cm³/mol. The normalized spacial score (nSPS) is 26.9. The zero-order valence-electron chi connectivity index (χ0n) is 17.3. The van der Waals surface area contributed by atoms with Gasteiger partial charge in [-0.15, -0.1) is 0 Å². The average Bonchev–Trinajstić information content (AvgIpc) is 3.48. The van der Waals surface area contributed by atoms with Crippen LogP contribution in [0.25, 0.3) is 5.76 Å². The quantitative estimate of drug-likeness (QED) is 0.465. The van der Waals surface area contributed by atoms with E-state index in [-0.39, 0.29) is 23.5 Å². The van der Waals surface area contributed by atoms with Crippen molar-refractivity contribution >= 4 is 17.4 Å². The van der Waals surface area contributed by atoms with E-state index in [1.807, 2.05) is 19.1 Å². The smallest absolute Gasteiger partial charge is 0.295 e. The molecule has 7 nitrogen and oxygen atoms in total. The molecule has 2 fully saturated rings. The third-order valence-corrected chi connectivity index (χ3v) is 6.13. The number of aromatic nitrogens is 1. The van der Waals surface area contributed by atoms with Crippen molar-refractivity contribution in [2.75, 3.05) is 13.2 Å². The summed E-state index contributed by atoms with van der Waals surface area (Å²) < 4.78 is 11.4. The van der Waals surface area contributed by atoms with E-state index in [4.69, 9.17) is 9.47 Å². The first-order valence-corrected chi connectivity index (χ1v) is 10.6. The molecule has 1 amide bonds. The fraction of sp³-hybridized carbons (Fsp3) is 0.375. The molecule has 0 radical (unpaired) electrons. The van der Waals surface area contributed by atoms with Crippen molar-refractivity contribution < 1.29 is 24.2 Å². The van der Waals surface area contributed by atoms with Gasteiger partial charge in [-0.1, -0.05) is 6.07 Å². The van der Waals surface area contributed by atoms with Gasteiger partial charge in [0.1, 0.15) is 17.6 Å². The molecule has 3 aliphatic rings. The molecule has 1 aromatic carbocycles. The molecule has 3 aliphatic heterocycles. The molecule has 7 heteroatoms. The van der Waals surface area contributed by atoms with Crippen LogP contribution >= 0.6 is 0 Å². The van der Waals surface area contributed by atoms with Gasteiger partial charge in [0, 0.05) is 37.5 Å². The number of ketones is 1. The number of carbonyl (C=O) groups is 2. The van der Waals surface area contributed by atoms with E-state index in [9.17, 15) is 14.7 Å². The number of hydrogen-bond donors (Lipinski definition) is 1. The number of pyridine rings is 1. The van der Waals surface area contributed by atoms with Gasteiger partial charge in [0.15, 0.2) is 0 Å². The molecular formula is C24H24N2O5. The van der Waals surface area contributed by atoms with Gasteiger partial charge in [0.25, 0.3) is 11.7 Å². The summed E-state index contributed by atoms with van der Waals surface area (Å²) in [6, 6.07) is 8.23. The second-order valence-electron chi connectivity index (χ2n) is 8.33. The molecule has 0 saturated carbocycles. The molecule has 3 atom stereocenters. The summed E-state index contributed by atoms with van der Waals surface area (Å²) in [6.45, 7) is 2.94. The van der Waals surface area contributed by atoms with Crippen molar-refractivity contribution in [3.05, 3.63) is 65.0 Å². The molecule has 160 valence electrons. The van der Waals surface area contributed by atoms with Gasteiger partial charge >= 0.3 is 0 Å². The number of amides is 1. The fourth-order valence-electron chi connectivity index (χ4n) is 4.69. The third-order valence-electron chi connectivity index (χ3n) is 6.13. The monoisotopic (exact) mass is 420 g/mol. The van der Waals surface area contributed by atoms with Crippen LogP contribution in [-0.2, 0) is 20.7 Å². The number of benzene rings is 1. The molecule has 0 aliphatic carbocycles. The number of fused-ring (bicyclic) bond motifs is 1. The summed E-state index contributed by atoms with van der Waals surface area (Å²) >= 11 is 0. The minimum atomic E-state index is -0.707. The van der Waals surface area contributed by atoms with Crippen LogP contribution in [0.4, 0.5) is 0 Å². The molecule has 0 spiro atoms. The highest BCUT2D eigenvalue weighted by Crippen LogP contribution is 2.40. The number of hydrogen-bond acceptors (Lipinski definition) is 6. The first-order chi connectivity index (χ1) is 15.0. The number of likely N-dealkylation sites (tertiary alicyclic amines) is 1. The zero-order valence-corrected chi connectivity index (χ0v) is 17.3. The van der Waals surface area contributed by atoms with Crippen molar-refractivity contribution in [2.45, 2.75) is 44.4 Å². The predicted octanol–water partition coefficient (Wildman–Crippen LogP) is 3.01. The summed E-state index contributed by atoms with van der Waals surface area (Å²) in [5.74, 6) is -0.699. The fourth-order valence-corrected chi connectivity index (χ4v) is 4.69. The molecule has 31 heavy (non-hydrogen) atoms. The highest BCUT2D eigenvalue weighted by Gasteiger charge is 2.47. The SMILES string of the molecule is CC1Cc2cc(C(O)=C3C(=O)C(=O)N(CC4CCCO4)C3c3cccnc3)ccc2O1. The standard InChI is InChI=1S/C24H24N2O5/c1-14-10-17-11-15(6-7-19(17)31-14)22(27)20-21(16-4-2-8-25-12-16)26(24(29)23(20)28)13-18-5-3-9-30-18/h2,4,6-8,11-12,14,18,21,27H,3,5,9-10,13H2,1H3. The largest absolute Gasteiger partial charge is 0.507 e. The summed E-state index contributed by atoms with van der Waals surface area (Å²) in [5.41, 5.74) is 2.24. The Balaban J connectivity index is 1.59.